The van der Waals surface area contributed by atoms with Crippen molar-refractivity contribution in [1.82, 2.24) is 14.9 Å². The first kappa shape index (κ1) is 21.5. The number of rotatable bonds is 6. The summed E-state index contributed by atoms with van der Waals surface area (Å²) in [6.45, 7) is 1.90. The molecular formula is C16H23F3N4O3S. The van der Waals surface area contributed by atoms with Crippen molar-refractivity contribution >= 4 is 16.0 Å². The van der Waals surface area contributed by atoms with Gasteiger partial charge in [-0.1, -0.05) is 12.1 Å². The molecule has 0 saturated carbocycles. The van der Waals surface area contributed by atoms with Crippen LogP contribution in [0.25, 0.3) is 0 Å². The van der Waals surface area contributed by atoms with Crippen molar-refractivity contribution in [2.24, 2.45) is 4.99 Å². The summed E-state index contributed by atoms with van der Waals surface area (Å²) in [5.74, 6) is 0.278. The lowest BCUT2D eigenvalue weighted by Gasteiger charge is -2.26. The second-order valence-electron chi connectivity index (χ2n) is 5.87. The van der Waals surface area contributed by atoms with E-state index in [1.807, 2.05) is 0 Å². The molecule has 1 fully saturated rings. The number of ether oxygens (including phenoxy) is 1. The zero-order valence-corrected chi connectivity index (χ0v) is 15.7. The maximum atomic E-state index is 12.6. The minimum Gasteiger partial charge on any atom is -0.379 e. The van der Waals surface area contributed by atoms with E-state index in [1.165, 1.54) is 23.5 Å². The second-order valence-corrected chi connectivity index (χ2v) is 7.96. The molecular weight excluding hydrogens is 385 g/mol. The number of sulfonamides is 1. The Bertz CT molecular complexity index is 730. The Balaban J connectivity index is 1.79. The van der Waals surface area contributed by atoms with Crippen LogP contribution in [-0.4, -0.2) is 64.3 Å². The van der Waals surface area contributed by atoms with Crippen molar-refractivity contribution in [2.75, 3.05) is 45.6 Å². The van der Waals surface area contributed by atoms with E-state index in [4.69, 9.17) is 4.74 Å². The molecule has 11 heteroatoms. The monoisotopic (exact) mass is 408 g/mol. The smallest absolute Gasteiger partial charge is 0.379 e. The Kier molecular flexibility index (Phi) is 7.45. The lowest BCUT2D eigenvalue weighted by molar-refractivity contribution is -0.137. The summed E-state index contributed by atoms with van der Waals surface area (Å²) < 4.78 is 68.7. The standard InChI is InChI=1S/C16H23F3N4O3S/c1-20-15(21-6-11-27(24,25)23-7-9-26-10-8-23)22-12-13-2-4-14(5-3-13)16(17,18)19/h2-5H,6-12H2,1H3,(H2,20,21,22). The fourth-order valence-electron chi connectivity index (χ4n) is 2.47. The number of hydrogen-bond donors (Lipinski definition) is 2. The summed E-state index contributed by atoms with van der Waals surface area (Å²) in [6.07, 6.45) is -4.37. The number of alkyl halides is 3. The van der Waals surface area contributed by atoms with Crippen LogP contribution in [0.3, 0.4) is 0 Å². The first-order chi connectivity index (χ1) is 12.7. The number of benzene rings is 1. The second kappa shape index (κ2) is 9.38. The van der Waals surface area contributed by atoms with Gasteiger partial charge in [0.05, 0.1) is 24.5 Å². The van der Waals surface area contributed by atoms with Gasteiger partial charge >= 0.3 is 6.18 Å². The van der Waals surface area contributed by atoms with Crippen molar-refractivity contribution in [3.63, 3.8) is 0 Å². The van der Waals surface area contributed by atoms with Gasteiger partial charge in [-0.15, -0.1) is 0 Å². The van der Waals surface area contributed by atoms with E-state index < -0.39 is 21.8 Å². The van der Waals surface area contributed by atoms with E-state index in [0.29, 0.717) is 37.8 Å². The highest BCUT2D eigenvalue weighted by Crippen LogP contribution is 2.29. The van der Waals surface area contributed by atoms with E-state index in [9.17, 15) is 21.6 Å². The quantitative estimate of drug-likeness (QED) is 0.543. The summed E-state index contributed by atoms with van der Waals surface area (Å²) in [7, 11) is -1.85. The largest absolute Gasteiger partial charge is 0.416 e. The van der Waals surface area contributed by atoms with E-state index in [0.717, 1.165) is 12.1 Å². The lowest BCUT2D eigenvalue weighted by atomic mass is 10.1. The molecule has 1 aliphatic heterocycles. The molecule has 152 valence electrons. The van der Waals surface area contributed by atoms with Crippen molar-refractivity contribution < 1.29 is 26.3 Å². The molecule has 7 nitrogen and oxygen atoms in total. The van der Waals surface area contributed by atoms with Gasteiger partial charge in [-0.25, -0.2) is 8.42 Å². The predicted molar refractivity (Wildman–Crippen MR) is 95.8 cm³/mol. The molecule has 0 amide bonds. The van der Waals surface area contributed by atoms with Crippen LogP contribution in [0.5, 0.6) is 0 Å². The highest BCUT2D eigenvalue weighted by atomic mass is 32.2. The molecule has 1 aromatic carbocycles. The molecule has 1 aromatic rings. The van der Waals surface area contributed by atoms with Crippen LogP contribution in [0.1, 0.15) is 11.1 Å². The Labute approximate surface area is 156 Å². The molecule has 27 heavy (non-hydrogen) atoms. The predicted octanol–water partition coefficient (Wildman–Crippen LogP) is 1.03. The molecule has 1 heterocycles. The first-order valence-electron chi connectivity index (χ1n) is 8.38. The Morgan fingerprint density at radius 3 is 2.37 bits per heavy atom. The number of hydrogen-bond acceptors (Lipinski definition) is 4. The fraction of sp³-hybridized carbons (Fsp3) is 0.562. The van der Waals surface area contributed by atoms with Gasteiger partial charge in [-0.3, -0.25) is 4.99 Å². The van der Waals surface area contributed by atoms with Crippen LogP contribution in [0.2, 0.25) is 0 Å². The topological polar surface area (TPSA) is 83.0 Å². The zero-order valence-electron chi connectivity index (χ0n) is 14.9. The Hall–Kier alpha value is -1.85. The summed E-state index contributed by atoms with van der Waals surface area (Å²) in [5, 5.41) is 5.83. The molecule has 2 rings (SSSR count). The molecule has 0 unspecified atom stereocenters. The molecule has 0 spiro atoms. The SMILES string of the molecule is CN=C(NCCS(=O)(=O)N1CCOCC1)NCc1ccc(C(F)(F)F)cc1. The number of guanidine groups is 1. The molecule has 0 aliphatic carbocycles. The van der Waals surface area contributed by atoms with Gasteiger partial charge in [0.25, 0.3) is 0 Å². The average Bonchev–Trinajstić information content (AvgIpc) is 2.65. The number of halogens is 3. The number of aliphatic imine (C=N–C) groups is 1. The van der Waals surface area contributed by atoms with Gasteiger partial charge in [-0.05, 0) is 17.7 Å². The molecule has 0 aromatic heterocycles. The highest BCUT2D eigenvalue weighted by Gasteiger charge is 2.29. The third kappa shape index (κ3) is 6.67. The third-order valence-corrected chi connectivity index (χ3v) is 5.85. The minimum absolute atomic E-state index is 0.0893. The van der Waals surface area contributed by atoms with Gasteiger partial charge in [0, 0.05) is 33.2 Å². The van der Waals surface area contributed by atoms with E-state index in [-0.39, 0.29) is 18.8 Å². The summed E-state index contributed by atoms with van der Waals surface area (Å²) >= 11 is 0. The lowest BCUT2D eigenvalue weighted by Crippen LogP contribution is -2.45. The average molecular weight is 408 g/mol. The van der Waals surface area contributed by atoms with Crippen LogP contribution in [0, 0.1) is 0 Å². The van der Waals surface area contributed by atoms with Crippen LogP contribution in [0.15, 0.2) is 29.3 Å². The van der Waals surface area contributed by atoms with Gasteiger partial charge in [0.1, 0.15) is 0 Å². The molecule has 0 atom stereocenters. The molecule has 1 aliphatic rings. The summed E-state index contributed by atoms with van der Waals surface area (Å²) in [6, 6.07) is 4.79. The van der Waals surface area contributed by atoms with Crippen molar-refractivity contribution in [1.29, 1.82) is 0 Å². The normalized spacial score (nSPS) is 17.0. The molecule has 0 radical (unpaired) electrons. The number of morpholine rings is 1. The van der Waals surface area contributed by atoms with E-state index in [2.05, 4.69) is 15.6 Å². The van der Waals surface area contributed by atoms with Crippen molar-refractivity contribution in [2.45, 2.75) is 12.7 Å². The summed E-state index contributed by atoms with van der Waals surface area (Å²) in [4.78, 5) is 3.98. The maximum absolute atomic E-state index is 12.6. The highest BCUT2D eigenvalue weighted by molar-refractivity contribution is 7.89. The molecule has 2 N–H and O–H groups in total. The fourth-order valence-corrected chi connectivity index (χ4v) is 3.79. The van der Waals surface area contributed by atoms with Crippen molar-refractivity contribution in [3.05, 3.63) is 35.4 Å². The van der Waals surface area contributed by atoms with Gasteiger partial charge in [0.2, 0.25) is 10.0 Å². The van der Waals surface area contributed by atoms with Gasteiger partial charge in [-0.2, -0.15) is 17.5 Å². The molecule has 0 bridgehead atoms. The third-order valence-electron chi connectivity index (χ3n) is 3.98. The minimum atomic E-state index is -4.37. The maximum Gasteiger partial charge on any atom is 0.416 e. The Morgan fingerprint density at radius 2 is 1.81 bits per heavy atom. The number of nitrogens with one attached hydrogen (secondary N) is 2. The van der Waals surface area contributed by atoms with Crippen LogP contribution >= 0.6 is 0 Å². The zero-order chi connectivity index (χ0) is 19.9. The van der Waals surface area contributed by atoms with Crippen LogP contribution in [0.4, 0.5) is 13.2 Å². The van der Waals surface area contributed by atoms with E-state index >= 15 is 0 Å². The van der Waals surface area contributed by atoms with Gasteiger partial charge in [0.15, 0.2) is 5.96 Å². The van der Waals surface area contributed by atoms with Crippen molar-refractivity contribution in [3.8, 4) is 0 Å². The van der Waals surface area contributed by atoms with Crippen LogP contribution < -0.4 is 10.6 Å². The Morgan fingerprint density at radius 1 is 1.19 bits per heavy atom. The van der Waals surface area contributed by atoms with Gasteiger partial charge < -0.3 is 15.4 Å². The summed E-state index contributed by atoms with van der Waals surface area (Å²) in [5.41, 5.74) is -0.0611. The van der Waals surface area contributed by atoms with Crippen LogP contribution in [-0.2, 0) is 27.5 Å². The molecule has 1 saturated heterocycles. The number of nitrogens with zero attached hydrogens (tertiary/aromatic N) is 2. The first-order valence-corrected chi connectivity index (χ1v) is 9.99. The van der Waals surface area contributed by atoms with E-state index in [1.54, 1.807) is 0 Å².